The molecule has 0 fully saturated rings. The second kappa shape index (κ2) is 24.6. The summed E-state index contributed by atoms with van der Waals surface area (Å²) in [6.07, 6.45) is 0. The van der Waals surface area contributed by atoms with Crippen molar-refractivity contribution in [3.05, 3.63) is 72.0 Å². The van der Waals surface area contributed by atoms with Crippen LogP contribution in [0, 0.1) is 0 Å². The van der Waals surface area contributed by atoms with E-state index in [2.05, 4.69) is 45.1 Å². The molecule has 0 spiro atoms. The van der Waals surface area contributed by atoms with E-state index >= 15 is 0 Å². The third-order valence-corrected chi connectivity index (χ3v) is 11.0. The fraction of sp³-hybridized carbons (Fsp3) is 0.111. The zero-order valence-corrected chi connectivity index (χ0v) is 47.8. The van der Waals surface area contributed by atoms with Crippen molar-refractivity contribution in [1.82, 2.24) is 15.0 Å². The van der Waals surface area contributed by atoms with Gasteiger partial charge in [-0.15, -0.1) is 0 Å². The molecule has 300 valence electrons. The number of nitrogens with one attached hydrogen (secondary N) is 2. The van der Waals surface area contributed by atoms with Crippen molar-refractivity contribution in [3.8, 4) is 0 Å². The van der Waals surface area contributed by atoms with E-state index in [-0.39, 0.29) is 245 Å². The largest absolute Gasteiger partial charge is 0.477 e. The van der Waals surface area contributed by atoms with Gasteiger partial charge in [-0.1, -0.05) is 0 Å². The maximum atomic E-state index is 13.2. The number of aromatic nitrogens is 3. The molecule has 5 rings (SSSR count). The van der Waals surface area contributed by atoms with Gasteiger partial charge in [0.05, 0.1) is 27.8 Å². The number of hydrogen-bond acceptors (Lipinski definition) is 19. The summed E-state index contributed by atoms with van der Waals surface area (Å²) in [6.45, 7) is -0.830. The van der Waals surface area contributed by atoms with E-state index in [1.807, 2.05) is 0 Å². The standard InChI is InChI=1S/C27H22ClN9O15S4.4K/c28-25-31-26(29-14-1-6-17(7-2-14)53(41,42)12-11-52-56(49,50)51)33-27(32-25)30-15-3-10-20(55(46,47)48)19(13-15)34-35-21-22(24(39)40)36-37(23(21)38)16-4-8-18(9-5-16)54(43,44)45;;;;/h1-10,13,21H,11-12H2,(H,39,40)(H,43,44,45)(H,46,47,48)(H,49,50,51)(H2,29,30,31,32,33);;;;. The number of anilines is 5. The van der Waals surface area contributed by atoms with E-state index in [1.165, 1.54) is 24.3 Å². The summed E-state index contributed by atoms with van der Waals surface area (Å²) < 4.78 is 125. The van der Waals surface area contributed by atoms with Crippen LogP contribution in [-0.2, 0) is 54.2 Å². The zero-order chi connectivity index (χ0) is 41.2. The minimum absolute atomic E-state index is 0. The number of rotatable bonds is 15. The molecule has 0 saturated heterocycles. The smallest absolute Gasteiger partial charge is 0.397 e. The van der Waals surface area contributed by atoms with E-state index in [9.17, 15) is 57.5 Å². The Bertz CT molecular complexity index is 2760. The number of halogens is 1. The molecule has 0 bridgehead atoms. The number of aliphatic carboxylic acids is 1. The number of carboxylic acid groups (broad SMARTS) is 1. The quantitative estimate of drug-likeness (QED) is 0.0537. The van der Waals surface area contributed by atoms with Crippen LogP contribution in [0.15, 0.2) is 96.7 Å². The first-order chi connectivity index (χ1) is 26.0. The molecule has 3 aromatic carbocycles. The summed E-state index contributed by atoms with van der Waals surface area (Å²) in [5.74, 6) is -4.02. The Morgan fingerprint density at radius 2 is 1.30 bits per heavy atom. The van der Waals surface area contributed by atoms with Gasteiger partial charge >= 0.3 is 16.4 Å². The van der Waals surface area contributed by atoms with Crippen LogP contribution in [0.3, 0.4) is 0 Å². The topological polar surface area (TPSA) is 364 Å². The molecule has 1 aliphatic rings. The first-order valence-electron chi connectivity index (χ1n) is 14.7. The van der Waals surface area contributed by atoms with E-state index in [4.69, 9.17) is 16.2 Å². The molecular weight excluding hydrogens is 1010 g/mol. The summed E-state index contributed by atoms with van der Waals surface area (Å²) in [7, 11) is -18.4. The molecule has 4 radical (unpaired) electrons. The van der Waals surface area contributed by atoms with Crippen LogP contribution in [-0.4, -0.2) is 309 Å². The minimum atomic E-state index is -5.00. The summed E-state index contributed by atoms with van der Waals surface area (Å²) in [4.78, 5) is 35.5. The molecule has 33 heteroatoms. The van der Waals surface area contributed by atoms with E-state index in [0.29, 0.717) is 5.01 Å². The Hall–Kier alpha value is 0.955. The van der Waals surface area contributed by atoms with Crippen LogP contribution in [0.1, 0.15) is 0 Å². The number of carbonyl (C=O) groups excluding carboxylic acids is 1. The van der Waals surface area contributed by atoms with Crippen molar-refractivity contribution in [2.24, 2.45) is 15.3 Å². The van der Waals surface area contributed by atoms with Crippen molar-refractivity contribution in [2.75, 3.05) is 28.0 Å². The summed E-state index contributed by atoms with van der Waals surface area (Å²) >= 11 is 6.05. The van der Waals surface area contributed by atoms with Gasteiger partial charge < -0.3 is 15.7 Å². The Morgan fingerprint density at radius 3 is 1.82 bits per heavy atom. The number of carboxylic acids is 1. The van der Waals surface area contributed by atoms with Crippen molar-refractivity contribution >= 4 is 310 Å². The fourth-order valence-corrected chi connectivity index (χ4v) is 7.23. The van der Waals surface area contributed by atoms with Crippen molar-refractivity contribution in [1.29, 1.82) is 0 Å². The van der Waals surface area contributed by atoms with Crippen LogP contribution in [0.2, 0.25) is 5.28 Å². The van der Waals surface area contributed by atoms with Crippen LogP contribution < -0.4 is 15.6 Å². The minimum Gasteiger partial charge on any atom is -0.477 e. The van der Waals surface area contributed by atoms with Gasteiger partial charge in [0.15, 0.2) is 15.5 Å². The number of azo groups is 1. The van der Waals surface area contributed by atoms with Crippen LogP contribution in [0.5, 0.6) is 0 Å². The van der Waals surface area contributed by atoms with Gasteiger partial charge in [0.25, 0.3) is 26.1 Å². The number of sulfone groups is 1. The van der Waals surface area contributed by atoms with Gasteiger partial charge in [0.2, 0.25) is 23.2 Å². The van der Waals surface area contributed by atoms with Crippen LogP contribution >= 0.6 is 11.6 Å². The number of amides is 1. The second-order valence-corrected chi connectivity index (χ2v) is 17.1. The molecule has 0 saturated carbocycles. The Morgan fingerprint density at radius 1 is 0.767 bits per heavy atom. The Balaban J connectivity index is 0.00000450. The molecular formula is C27H22ClK4N9O15S4. The van der Waals surface area contributed by atoms with E-state index in [0.717, 1.165) is 42.5 Å². The Labute approximate surface area is 516 Å². The summed E-state index contributed by atoms with van der Waals surface area (Å²) in [5, 5.41) is 26.4. The number of benzene rings is 3. The monoisotopic (exact) mass is 1030 g/mol. The van der Waals surface area contributed by atoms with Gasteiger partial charge in [-0.3, -0.25) is 18.5 Å². The molecule has 4 aromatic rings. The summed E-state index contributed by atoms with van der Waals surface area (Å²) in [5.41, 5.74) is -1.37. The molecule has 1 unspecified atom stereocenters. The van der Waals surface area contributed by atoms with Crippen molar-refractivity contribution < 1.29 is 66.2 Å². The maximum Gasteiger partial charge on any atom is 0.397 e. The average Bonchev–Trinajstić information content (AvgIpc) is 3.42. The van der Waals surface area contributed by atoms with Gasteiger partial charge in [0, 0.05) is 217 Å². The Kier molecular flexibility index (Phi) is 24.2. The third kappa shape index (κ3) is 16.7. The van der Waals surface area contributed by atoms with Gasteiger partial charge in [-0.2, -0.15) is 60.5 Å². The third-order valence-electron chi connectivity index (χ3n) is 6.94. The van der Waals surface area contributed by atoms with E-state index in [1.54, 1.807) is 0 Å². The molecule has 1 atom stereocenters. The number of hydrogen-bond donors (Lipinski definition) is 6. The zero-order valence-electron chi connectivity index (χ0n) is 31.3. The normalized spacial score (nSPS) is 14.2. The van der Waals surface area contributed by atoms with Crippen LogP contribution in [0.4, 0.5) is 34.6 Å². The second-order valence-electron chi connectivity index (χ2n) is 10.8. The summed E-state index contributed by atoms with van der Waals surface area (Å²) in [6, 6.07) is 9.95. The SMILES string of the molecule is O=C(O)C1=NN(c2ccc(S(=O)(=O)O)cc2)C(=O)C1N=Nc1cc(Nc2nc(Cl)nc(Nc3ccc(S(=O)(=O)CCOS(=O)(=O)O)cc3)n2)ccc1S(=O)(=O)O.[K].[K].[K].[K]. The van der Waals surface area contributed by atoms with Crippen molar-refractivity contribution in [2.45, 2.75) is 20.7 Å². The first-order valence-corrected chi connectivity index (χ1v) is 20.9. The molecule has 1 amide bonds. The fourth-order valence-electron chi connectivity index (χ4n) is 4.50. The first kappa shape index (κ1) is 59.0. The molecule has 6 N–H and O–H groups in total. The van der Waals surface area contributed by atoms with Gasteiger partial charge in [0.1, 0.15) is 10.6 Å². The van der Waals surface area contributed by atoms with Crippen LogP contribution in [0.25, 0.3) is 0 Å². The maximum absolute atomic E-state index is 13.2. The number of nitrogens with zero attached hydrogens (tertiary/aromatic N) is 7. The molecule has 2 heterocycles. The molecule has 1 aromatic heterocycles. The molecule has 60 heavy (non-hydrogen) atoms. The van der Waals surface area contributed by atoms with E-state index < -0.39 is 91.9 Å². The number of hydrazone groups is 1. The molecule has 0 aliphatic carbocycles. The molecule has 1 aliphatic heterocycles. The number of carbonyl (C=O) groups is 2. The average molecular weight is 1030 g/mol. The molecule has 24 nitrogen and oxygen atoms in total. The predicted molar refractivity (Wildman–Crippen MR) is 214 cm³/mol. The van der Waals surface area contributed by atoms with Crippen molar-refractivity contribution in [3.63, 3.8) is 0 Å². The van der Waals surface area contributed by atoms with Gasteiger partial charge in [-0.25, -0.2) is 17.4 Å². The van der Waals surface area contributed by atoms with Gasteiger partial charge in [-0.05, 0) is 78.3 Å². The predicted octanol–water partition coefficient (Wildman–Crippen LogP) is 0.515.